The third kappa shape index (κ3) is 8.25. The Hall–Kier alpha value is -5.60. The number of amides is 2. The summed E-state index contributed by atoms with van der Waals surface area (Å²) in [7, 11) is 0. The molecule has 0 spiro atoms. The molecule has 0 radical (unpaired) electrons. The van der Waals surface area contributed by atoms with Crippen molar-refractivity contribution in [3.63, 3.8) is 0 Å². The molecule has 13 nitrogen and oxygen atoms in total. The summed E-state index contributed by atoms with van der Waals surface area (Å²) in [6.07, 6.45) is -0.416. The SMILES string of the molecule is CC(=O)C(=CO)NCCN1C(=O)COc2cc(-c3cccc(-c4cccc(-c5ccc6c(c5)OCC(=O)N6CCNC(C(=O)O)C(C)O)c4Cl)c3Cl)ccc21. The molecule has 15 heteroatoms. The van der Waals surface area contributed by atoms with Crippen molar-refractivity contribution in [1.82, 2.24) is 10.6 Å². The maximum atomic E-state index is 12.8. The molecule has 0 aromatic heterocycles. The molecule has 2 unspecified atom stereocenters. The van der Waals surface area contributed by atoms with Gasteiger partial charge < -0.3 is 45.2 Å². The largest absolute Gasteiger partial charge is 0.513 e. The van der Waals surface area contributed by atoms with Crippen molar-refractivity contribution >= 4 is 58.1 Å². The Kier molecular flexibility index (Phi) is 12.0. The van der Waals surface area contributed by atoms with Crippen LogP contribution < -0.4 is 29.9 Å². The van der Waals surface area contributed by atoms with Gasteiger partial charge in [0.25, 0.3) is 11.8 Å². The van der Waals surface area contributed by atoms with E-state index in [1.165, 1.54) is 18.7 Å². The summed E-state index contributed by atoms with van der Waals surface area (Å²) in [4.78, 5) is 51.7. The highest BCUT2D eigenvalue weighted by molar-refractivity contribution is 6.39. The van der Waals surface area contributed by atoms with Gasteiger partial charge in [-0.2, -0.15) is 0 Å². The van der Waals surface area contributed by atoms with Gasteiger partial charge in [0.15, 0.2) is 19.0 Å². The van der Waals surface area contributed by atoms with Crippen molar-refractivity contribution in [1.29, 1.82) is 0 Å². The van der Waals surface area contributed by atoms with E-state index < -0.39 is 18.1 Å². The monoisotopic (exact) mass is 788 g/mol. The number of carboxylic acid groups (broad SMARTS) is 1. The van der Waals surface area contributed by atoms with Crippen LogP contribution in [0.25, 0.3) is 33.4 Å². The molecule has 4 aromatic rings. The van der Waals surface area contributed by atoms with Gasteiger partial charge in [0.1, 0.15) is 29.5 Å². The van der Waals surface area contributed by atoms with Gasteiger partial charge in [-0.05, 0) is 42.3 Å². The van der Waals surface area contributed by atoms with Crippen LogP contribution >= 0.6 is 23.2 Å². The van der Waals surface area contributed by atoms with Gasteiger partial charge in [-0.3, -0.25) is 19.2 Å². The van der Waals surface area contributed by atoms with Gasteiger partial charge in [-0.25, -0.2) is 0 Å². The molecule has 2 amide bonds. The molecule has 286 valence electrons. The van der Waals surface area contributed by atoms with E-state index in [0.29, 0.717) is 61.4 Å². The highest BCUT2D eigenvalue weighted by atomic mass is 35.5. The second kappa shape index (κ2) is 16.8. The Morgan fingerprint density at radius 1 is 0.800 bits per heavy atom. The first-order valence-electron chi connectivity index (χ1n) is 17.4. The number of anilines is 2. The highest BCUT2D eigenvalue weighted by Crippen LogP contribution is 2.45. The molecule has 2 aliphatic heterocycles. The fourth-order valence-electron chi connectivity index (χ4n) is 6.52. The van der Waals surface area contributed by atoms with Crippen LogP contribution in [0, 0.1) is 0 Å². The Labute approximate surface area is 326 Å². The molecule has 55 heavy (non-hydrogen) atoms. The Morgan fingerprint density at radius 3 is 1.71 bits per heavy atom. The number of allylic oxidation sites excluding steroid dienone is 1. The quantitative estimate of drug-likeness (QED) is 0.0812. The Morgan fingerprint density at radius 2 is 1.27 bits per heavy atom. The summed E-state index contributed by atoms with van der Waals surface area (Å²) in [5.74, 6) is -1.11. The molecule has 2 heterocycles. The normalized spacial score (nSPS) is 15.0. The fourth-order valence-corrected chi connectivity index (χ4v) is 7.19. The van der Waals surface area contributed by atoms with Crippen LogP contribution in [-0.2, 0) is 19.2 Å². The summed E-state index contributed by atoms with van der Waals surface area (Å²) in [5, 5.41) is 34.9. The molecule has 0 aliphatic carbocycles. The summed E-state index contributed by atoms with van der Waals surface area (Å²) in [5.41, 5.74) is 5.38. The summed E-state index contributed by atoms with van der Waals surface area (Å²) >= 11 is 14.2. The molecule has 4 aromatic carbocycles. The summed E-state index contributed by atoms with van der Waals surface area (Å²) in [6, 6.07) is 20.8. The van der Waals surface area contributed by atoms with Gasteiger partial charge in [-0.1, -0.05) is 71.7 Å². The van der Waals surface area contributed by atoms with Crippen LogP contribution in [0.4, 0.5) is 11.4 Å². The molecule has 0 fully saturated rings. The third-order valence-electron chi connectivity index (χ3n) is 9.32. The number of carbonyl (C=O) groups is 4. The van der Waals surface area contributed by atoms with Crippen LogP contribution in [-0.4, -0.2) is 90.4 Å². The smallest absolute Gasteiger partial charge is 0.323 e. The van der Waals surface area contributed by atoms with E-state index in [1.54, 1.807) is 23.1 Å². The fraction of sp³-hybridized carbons (Fsp3) is 0.250. The number of ether oxygens (including phenoxy) is 2. The number of aliphatic hydroxyl groups is 2. The lowest BCUT2D eigenvalue weighted by Gasteiger charge is -2.30. The van der Waals surface area contributed by atoms with Crippen molar-refractivity contribution in [2.75, 3.05) is 49.2 Å². The number of aliphatic hydroxyl groups excluding tert-OH is 2. The summed E-state index contributed by atoms with van der Waals surface area (Å²) < 4.78 is 11.6. The minimum atomic E-state index is -1.19. The van der Waals surface area contributed by atoms with E-state index in [1.807, 2.05) is 54.6 Å². The van der Waals surface area contributed by atoms with E-state index in [-0.39, 0.29) is 62.7 Å². The van der Waals surface area contributed by atoms with Crippen LogP contribution in [0.2, 0.25) is 10.0 Å². The molecule has 0 bridgehead atoms. The van der Waals surface area contributed by atoms with Crippen LogP contribution in [0.1, 0.15) is 13.8 Å². The second-order valence-electron chi connectivity index (χ2n) is 12.9. The van der Waals surface area contributed by atoms with Crippen LogP contribution in [0.5, 0.6) is 11.5 Å². The number of nitrogens with one attached hydrogen (secondary N) is 2. The number of Topliss-reactive ketones (excluding diaryl/α,β-unsaturated/α-hetero) is 1. The molecule has 2 atom stereocenters. The standard InChI is InChI=1S/C40H38Cl2N4O9/c1-22(48)30(19-47)43-13-15-45-31-11-9-24(17-33(31)54-20-35(45)50)26-5-3-7-28(37(26)41)29-8-4-6-27(38(29)42)25-10-12-32-34(18-25)55-21-36(51)46(32)16-14-44-39(23(2)49)40(52)53/h3-12,17-19,23,39,43-44,47,49H,13-16,20-21H2,1-2H3,(H,52,53). The molecule has 5 N–H and O–H groups in total. The van der Waals surface area contributed by atoms with Crippen molar-refractivity contribution in [2.45, 2.75) is 26.0 Å². The molecular formula is C40H38Cl2N4O9. The maximum absolute atomic E-state index is 12.8. The first-order chi connectivity index (χ1) is 26.4. The zero-order valence-electron chi connectivity index (χ0n) is 29.8. The van der Waals surface area contributed by atoms with Crippen molar-refractivity contribution in [3.8, 4) is 44.9 Å². The van der Waals surface area contributed by atoms with Crippen molar-refractivity contribution in [3.05, 3.63) is 94.8 Å². The lowest BCUT2D eigenvalue weighted by molar-refractivity contribution is -0.142. The van der Waals surface area contributed by atoms with E-state index >= 15 is 0 Å². The molecule has 6 rings (SSSR count). The second-order valence-corrected chi connectivity index (χ2v) is 13.7. The molecule has 0 saturated carbocycles. The molecular weight excluding hydrogens is 751 g/mol. The van der Waals surface area contributed by atoms with Gasteiger partial charge >= 0.3 is 5.97 Å². The van der Waals surface area contributed by atoms with E-state index in [4.69, 9.17) is 32.7 Å². The number of rotatable bonds is 14. The number of aliphatic carboxylic acids is 1. The van der Waals surface area contributed by atoms with E-state index in [0.717, 1.165) is 11.1 Å². The van der Waals surface area contributed by atoms with Gasteiger partial charge in [0, 0.05) is 55.4 Å². The van der Waals surface area contributed by atoms with Crippen LogP contribution in [0.3, 0.4) is 0 Å². The number of halogens is 2. The lowest BCUT2D eigenvalue weighted by Crippen LogP contribution is -2.49. The lowest BCUT2D eigenvalue weighted by atomic mass is 9.95. The van der Waals surface area contributed by atoms with Crippen LogP contribution in [0.15, 0.2) is 84.8 Å². The number of benzene rings is 4. The predicted molar refractivity (Wildman–Crippen MR) is 209 cm³/mol. The number of carbonyl (C=O) groups excluding carboxylic acids is 3. The highest BCUT2D eigenvalue weighted by Gasteiger charge is 2.29. The summed E-state index contributed by atoms with van der Waals surface area (Å²) in [6.45, 7) is 3.08. The zero-order valence-corrected chi connectivity index (χ0v) is 31.4. The van der Waals surface area contributed by atoms with Gasteiger partial charge in [0.05, 0.1) is 27.5 Å². The average molecular weight is 790 g/mol. The first kappa shape index (κ1) is 39.1. The number of nitrogens with zero attached hydrogens (tertiary/aromatic N) is 2. The Balaban J connectivity index is 1.24. The average Bonchev–Trinajstić information content (AvgIpc) is 3.16. The van der Waals surface area contributed by atoms with E-state index in [2.05, 4.69) is 10.6 Å². The number of hydrogen-bond donors (Lipinski definition) is 5. The number of carboxylic acids is 1. The first-order valence-corrected chi connectivity index (χ1v) is 18.1. The van der Waals surface area contributed by atoms with Gasteiger partial charge in [-0.15, -0.1) is 0 Å². The predicted octanol–water partition coefficient (Wildman–Crippen LogP) is 5.45. The number of fused-ring (bicyclic) bond motifs is 2. The molecule has 2 aliphatic rings. The van der Waals surface area contributed by atoms with E-state index in [9.17, 15) is 34.5 Å². The minimum absolute atomic E-state index is 0.0480. The van der Waals surface area contributed by atoms with Crippen molar-refractivity contribution < 1.29 is 44.0 Å². The number of ketones is 1. The minimum Gasteiger partial charge on any atom is -0.513 e. The maximum Gasteiger partial charge on any atom is 0.323 e. The zero-order chi connectivity index (χ0) is 39.4. The third-order valence-corrected chi connectivity index (χ3v) is 10.1. The topological polar surface area (TPSA) is 178 Å². The van der Waals surface area contributed by atoms with Crippen molar-refractivity contribution in [2.24, 2.45) is 0 Å². The Bertz CT molecular complexity index is 2190. The number of hydrogen-bond acceptors (Lipinski definition) is 10. The molecule has 0 saturated heterocycles. The van der Waals surface area contributed by atoms with Gasteiger partial charge in [0.2, 0.25) is 0 Å².